The molecule has 1 amide bonds. The molecule has 3 rings (SSSR count). The van der Waals surface area contributed by atoms with Gasteiger partial charge in [0.1, 0.15) is 11.5 Å². The lowest BCUT2D eigenvalue weighted by atomic mass is 10.0. The normalized spacial score (nSPS) is 19.3. The van der Waals surface area contributed by atoms with Gasteiger partial charge in [0, 0.05) is 5.56 Å². The van der Waals surface area contributed by atoms with Gasteiger partial charge in [-0.25, -0.2) is 0 Å². The van der Waals surface area contributed by atoms with Gasteiger partial charge in [0.05, 0.1) is 19.2 Å². The maximum atomic E-state index is 13.6. The number of hydrogen-bond donors (Lipinski definition) is 1. The van der Waals surface area contributed by atoms with Crippen LogP contribution in [0.3, 0.4) is 0 Å². The number of halogens is 3. The van der Waals surface area contributed by atoms with E-state index in [-0.39, 0.29) is 10.7 Å². The van der Waals surface area contributed by atoms with Crippen LogP contribution in [0.1, 0.15) is 12.0 Å². The highest BCUT2D eigenvalue weighted by Crippen LogP contribution is 2.41. The molecule has 6 nitrogen and oxygen atoms in total. The van der Waals surface area contributed by atoms with Gasteiger partial charge in [-0.1, -0.05) is 30.3 Å². The molecule has 0 saturated heterocycles. The minimum atomic E-state index is -5.11. The predicted octanol–water partition coefficient (Wildman–Crippen LogP) is 2.96. The van der Waals surface area contributed by atoms with Gasteiger partial charge in [0.15, 0.2) is 6.61 Å². The molecule has 1 N–H and O–H groups in total. The van der Waals surface area contributed by atoms with Crippen molar-refractivity contribution >= 4 is 11.6 Å². The predicted molar refractivity (Wildman–Crippen MR) is 93.9 cm³/mol. The van der Waals surface area contributed by atoms with Gasteiger partial charge in [0.25, 0.3) is 11.6 Å². The molecule has 0 unspecified atom stereocenters. The van der Waals surface area contributed by atoms with Gasteiger partial charge in [-0.2, -0.15) is 23.3 Å². The SMILES string of the molecule is COc1cccc(C2=NN(C(=O)COc3ccccc3)[C@@](O)(C(F)(F)F)C2)c1. The number of ether oxygens (including phenoxy) is 2. The van der Waals surface area contributed by atoms with Crippen LogP contribution < -0.4 is 9.47 Å². The van der Waals surface area contributed by atoms with Crippen molar-refractivity contribution in [1.82, 2.24) is 5.01 Å². The van der Waals surface area contributed by atoms with E-state index in [1.807, 2.05) is 0 Å². The first-order valence-corrected chi connectivity index (χ1v) is 8.26. The number of para-hydroxylation sites is 1. The molecule has 148 valence electrons. The van der Waals surface area contributed by atoms with Crippen LogP contribution in [0.15, 0.2) is 59.7 Å². The zero-order valence-corrected chi connectivity index (χ0v) is 14.8. The molecule has 0 aromatic heterocycles. The number of carbonyl (C=O) groups is 1. The molecule has 2 aromatic carbocycles. The van der Waals surface area contributed by atoms with Crippen molar-refractivity contribution in [3.63, 3.8) is 0 Å². The Hall–Kier alpha value is -3.07. The van der Waals surface area contributed by atoms with E-state index in [1.54, 1.807) is 42.5 Å². The second kappa shape index (κ2) is 7.51. The molecule has 1 heterocycles. The Morgan fingerprint density at radius 1 is 1.18 bits per heavy atom. The van der Waals surface area contributed by atoms with Crippen LogP contribution in [0, 0.1) is 0 Å². The van der Waals surface area contributed by atoms with Gasteiger partial charge in [-0.05, 0) is 24.3 Å². The average Bonchev–Trinajstić information content (AvgIpc) is 3.06. The highest BCUT2D eigenvalue weighted by molar-refractivity contribution is 6.03. The van der Waals surface area contributed by atoms with E-state index in [1.165, 1.54) is 19.2 Å². The van der Waals surface area contributed by atoms with E-state index in [0.29, 0.717) is 17.1 Å². The fourth-order valence-electron chi connectivity index (χ4n) is 2.71. The molecule has 2 aromatic rings. The zero-order chi connectivity index (χ0) is 20.4. The number of benzene rings is 2. The molecule has 1 aliphatic heterocycles. The largest absolute Gasteiger partial charge is 0.497 e. The van der Waals surface area contributed by atoms with Crippen LogP contribution in [0.2, 0.25) is 0 Å². The summed E-state index contributed by atoms with van der Waals surface area (Å²) >= 11 is 0. The van der Waals surface area contributed by atoms with Crippen LogP contribution >= 0.6 is 0 Å². The summed E-state index contributed by atoms with van der Waals surface area (Å²) in [5, 5.41) is 14.1. The topological polar surface area (TPSA) is 71.4 Å². The van der Waals surface area contributed by atoms with Crippen LogP contribution in [0.4, 0.5) is 13.2 Å². The number of amides is 1. The summed E-state index contributed by atoms with van der Waals surface area (Å²) in [6.45, 7) is -0.711. The Bertz CT molecular complexity index is 886. The molecule has 1 aliphatic rings. The monoisotopic (exact) mass is 394 g/mol. The van der Waals surface area contributed by atoms with E-state index >= 15 is 0 Å². The summed E-state index contributed by atoms with van der Waals surface area (Å²) in [5.74, 6) is -0.405. The number of rotatable bonds is 5. The van der Waals surface area contributed by atoms with Gasteiger partial charge >= 0.3 is 6.18 Å². The molecule has 0 spiro atoms. The van der Waals surface area contributed by atoms with Crippen molar-refractivity contribution in [2.24, 2.45) is 5.10 Å². The lowest BCUT2D eigenvalue weighted by molar-refractivity contribution is -0.302. The minimum absolute atomic E-state index is 0.0464. The Balaban J connectivity index is 1.87. The summed E-state index contributed by atoms with van der Waals surface area (Å²) in [5.41, 5.74) is -3.24. The van der Waals surface area contributed by atoms with Crippen molar-refractivity contribution in [3.05, 3.63) is 60.2 Å². The molecular weight excluding hydrogens is 377 g/mol. The summed E-state index contributed by atoms with van der Waals surface area (Å²) < 4.78 is 51.0. The highest BCUT2D eigenvalue weighted by Gasteiger charge is 2.63. The van der Waals surface area contributed by atoms with Crippen LogP contribution in [-0.4, -0.2) is 47.4 Å². The lowest BCUT2D eigenvalue weighted by Crippen LogP contribution is -2.57. The quantitative estimate of drug-likeness (QED) is 0.847. The number of hydrogen-bond acceptors (Lipinski definition) is 5. The average molecular weight is 394 g/mol. The molecule has 0 radical (unpaired) electrons. The molecule has 28 heavy (non-hydrogen) atoms. The van der Waals surface area contributed by atoms with Crippen molar-refractivity contribution in [2.45, 2.75) is 18.3 Å². The van der Waals surface area contributed by atoms with E-state index in [9.17, 15) is 23.1 Å². The highest BCUT2D eigenvalue weighted by atomic mass is 19.4. The van der Waals surface area contributed by atoms with Gasteiger partial charge < -0.3 is 14.6 Å². The maximum Gasteiger partial charge on any atom is 0.438 e. The molecule has 0 bridgehead atoms. The van der Waals surface area contributed by atoms with Gasteiger partial charge in [0.2, 0.25) is 0 Å². The second-order valence-electron chi connectivity index (χ2n) is 6.08. The number of alkyl halides is 3. The van der Waals surface area contributed by atoms with E-state index in [0.717, 1.165) is 0 Å². The Labute approximate surface area is 158 Å². The third-order valence-electron chi connectivity index (χ3n) is 4.18. The first-order valence-electron chi connectivity index (χ1n) is 8.26. The third-order valence-corrected chi connectivity index (χ3v) is 4.18. The second-order valence-corrected chi connectivity index (χ2v) is 6.08. The number of methoxy groups -OCH3 is 1. The van der Waals surface area contributed by atoms with Crippen molar-refractivity contribution in [2.75, 3.05) is 13.7 Å². The summed E-state index contributed by atoms with van der Waals surface area (Å²) in [6, 6.07) is 14.3. The molecule has 1 atom stereocenters. The van der Waals surface area contributed by atoms with Crippen LogP contribution in [0.5, 0.6) is 11.5 Å². The van der Waals surface area contributed by atoms with Crippen molar-refractivity contribution in [1.29, 1.82) is 0 Å². The molecular formula is C19H17F3N2O4. The molecule has 0 saturated carbocycles. The maximum absolute atomic E-state index is 13.6. The molecule has 0 aliphatic carbocycles. The fourth-order valence-corrected chi connectivity index (χ4v) is 2.71. The Morgan fingerprint density at radius 2 is 1.86 bits per heavy atom. The number of hydrazone groups is 1. The van der Waals surface area contributed by atoms with Crippen LogP contribution in [0.25, 0.3) is 0 Å². The van der Waals surface area contributed by atoms with E-state index < -0.39 is 30.8 Å². The van der Waals surface area contributed by atoms with Crippen molar-refractivity contribution < 1.29 is 32.5 Å². The minimum Gasteiger partial charge on any atom is -0.497 e. The first kappa shape index (κ1) is 19.7. The Morgan fingerprint density at radius 3 is 2.50 bits per heavy atom. The van der Waals surface area contributed by atoms with Gasteiger partial charge in [-0.15, -0.1) is 0 Å². The zero-order valence-electron chi connectivity index (χ0n) is 14.8. The number of carbonyl (C=O) groups excluding carboxylic acids is 1. The summed E-state index contributed by atoms with van der Waals surface area (Å²) in [6.07, 6.45) is -6.01. The first-order chi connectivity index (χ1) is 13.2. The fraction of sp³-hybridized carbons (Fsp3) is 0.263. The molecule has 9 heteroatoms. The van der Waals surface area contributed by atoms with E-state index in [2.05, 4.69) is 5.10 Å². The summed E-state index contributed by atoms with van der Waals surface area (Å²) in [4.78, 5) is 12.4. The third kappa shape index (κ3) is 3.79. The van der Waals surface area contributed by atoms with Crippen molar-refractivity contribution in [3.8, 4) is 11.5 Å². The number of nitrogens with zero attached hydrogens (tertiary/aromatic N) is 2. The van der Waals surface area contributed by atoms with Gasteiger partial charge in [-0.3, -0.25) is 4.79 Å². The standard InChI is InChI=1S/C19H17F3N2O4/c1-27-15-9-5-6-13(10-15)16-11-18(26,19(20,21)22)24(23-16)17(25)12-28-14-7-3-2-4-8-14/h2-10,26H,11-12H2,1H3/t18-/m0/s1. The molecule has 0 fully saturated rings. The van der Waals surface area contributed by atoms with Crippen LogP contribution in [-0.2, 0) is 4.79 Å². The smallest absolute Gasteiger partial charge is 0.438 e. The lowest BCUT2D eigenvalue weighted by Gasteiger charge is -2.32. The Kier molecular flexibility index (Phi) is 5.28. The van der Waals surface area contributed by atoms with E-state index in [4.69, 9.17) is 9.47 Å². The number of aliphatic hydroxyl groups is 1. The summed E-state index contributed by atoms with van der Waals surface area (Å²) in [7, 11) is 1.42.